The van der Waals surface area contributed by atoms with Crippen LogP contribution in [-0.2, 0) is 9.53 Å². The van der Waals surface area contributed by atoms with Gasteiger partial charge in [-0.3, -0.25) is 10.1 Å². The van der Waals surface area contributed by atoms with Gasteiger partial charge < -0.3 is 9.84 Å². The molecule has 0 aromatic carbocycles. The first kappa shape index (κ1) is 9.30. The van der Waals surface area contributed by atoms with Gasteiger partial charge in [0.05, 0.1) is 11.0 Å². The Bertz CT molecular complexity index is 235. The minimum absolute atomic E-state index is 0.113. The van der Waals surface area contributed by atoms with E-state index in [0.717, 1.165) is 13.0 Å². The SMILES string of the molecule is CC1OCCC12N[C@@H](C(=O)O)CS2. The molecule has 2 N–H and O–H groups in total. The second kappa shape index (κ2) is 3.15. The smallest absolute Gasteiger partial charge is 0.321 e. The lowest BCUT2D eigenvalue weighted by molar-refractivity contribution is -0.139. The Morgan fingerprint density at radius 1 is 1.77 bits per heavy atom. The molecule has 0 saturated carbocycles. The van der Waals surface area contributed by atoms with E-state index in [2.05, 4.69) is 5.32 Å². The summed E-state index contributed by atoms with van der Waals surface area (Å²) >= 11 is 1.68. The van der Waals surface area contributed by atoms with Gasteiger partial charge in [0.2, 0.25) is 0 Å². The highest BCUT2D eigenvalue weighted by Gasteiger charge is 2.49. The van der Waals surface area contributed by atoms with Crippen LogP contribution in [0.15, 0.2) is 0 Å². The van der Waals surface area contributed by atoms with Crippen molar-refractivity contribution in [2.45, 2.75) is 30.4 Å². The van der Waals surface area contributed by atoms with E-state index >= 15 is 0 Å². The molecule has 3 atom stereocenters. The monoisotopic (exact) mass is 203 g/mol. The van der Waals surface area contributed by atoms with Crippen molar-refractivity contribution in [1.82, 2.24) is 5.32 Å². The van der Waals surface area contributed by atoms with Crippen LogP contribution >= 0.6 is 11.8 Å². The van der Waals surface area contributed by atoms with Gasteiger partial charge in [0.15, 0.2) is 0 Å². The molecule has 2 saturated heterocycles. The molecule has 2 heterocycles. The third kappa shape index (κ3) is 1.45. The van der Waals surface area contributed by atoms with Gasteiger partial charge in [0.1, 0.15) is 6.04 Å². The number of aliphatic carboxylic acids is 1. The van der Waals surface area contributed by atoms with Crippen LogP contribution in [0, 0.1) is 0 Å². The maximum Gasteiger partial charge on any atom is 0.321 e. The summed E-state index contributed by atoms with van der Waals surface area (Å²) < 4.78 is 5.44. The standard InChI is InChI=1S/C8H13NO3S/c1-5-8(2-3-12-5)9-6(4-13-8)7(10)11/h5-6,9H,2-4H2,1H3,(H,10,11)/t5?,6-,8?/m1/s1. The van der Waals surface area contributed by atoms with Crippen LogP contribution < -0.4 is 5.32 Å². The molecule has 2 unspecified atom stereocenters. The van der Waals surface area contributed by atoms with Crippen molar-refractivity contribution in [3.63, 3.8) is 0 Å². The zero-order valence-corrected chi connectivity index (χ0v) is 8.26. The Hall–Kier alpha value is -0.260. The van der Waals surface area contributed by atoms with E-state index in [1.165, 1.54) is 0 Å². The number of thioether (sulfide) groups is 1. The fourth-order valence-corrected chi connectivity index (χ4v) is 3.29. The summed E-state index contributed by atoms with van der Waals surface area (Å²) in [5, 5.41) is 12.0. The molecule has 74 valence electrons. The van der Waals surface area contributed by atoms with Gasteiger partial charge in [-0.25, -0.2) is 0 Å². The first-order valence-electron chi connectivity index (χ1n) is 4.40. The van der Waals surface area contributed by atoms with E-state index < -0.39 is 12.0 Å². The van der Waals surface area contributed by atoms with Crippen molar-refractivity contribution < 1.29 is 14.6 Å². The molecule has 5 heteroatoms. The molecule has 2 fully saturated rings. The van der Waals surface area contributed by atoms with Gasteiger partial charge in [-0.15, -0.1) is 11.8 Å². The summed E-state index contributed by atoms with van der Waals surface area (Å²) in [6.07, 6.45) is 1.02. The number of ether oxygens (including phenoxy) is 1. The largest absolute Gasteiger partial charge is 0.480 e. The van der Waals surface area contributed by atoms with Crippen LogP contribution in [-0.4, -0.2) is 40.5 Å². The minimum Gasteiger partial charge on any atom is -0.480 e. The van der Waals surface area contributed by atoms with E-state index in [9.17, 15) is 4.79 Å². The molecule has 0 aliphatic carbocycles. The molecule has 0 bridgehead atoms. The summed E-state index contributed by atoms with van der Waals surface area (Å²) in [4.78, 5) is 10.6. The Kier molecular flexibility index (Phi) is 2.25. The maximum absolute atomic E-state index is 10.7. The van der Waals surface area contributed by atoms with Crippen molar-refractivity contribution in [2.75, 3.05) is 12.4 Å². The number of carbonyl (C=O) groups is 1. The summed E-state index contributed by atoms with van der Waals surface area (Å²) in [6.45, 7) is 2.73. The first-order valence-corrected chi connectivity index (χ1v) is 5.39. The molecule has 0 radical (unpaired) electrons. The molecule has 0 aromatic rings. The lowest BCUT2D eigenvalue weighted by Gasteiger charge is -2.26. The summed E-state index contributed by atoms with van der Waals surface area (Å²) in [5.41, 5.74) is 0. The van der Waals surface area contributed by atoms with Crippen molar-refractivity contribution in [2.24, 2.45) is 0 Å². The van der Waals surface area contributed by atoms with Gasteiger partial charge in [-0.2, -0.15) is 0 Å². The Morgan fingerprint density at radius 2 is 2.54 bits per heavy atom. The van der Waals surface area contributed by atoms with Crippen molar-refractivity contribution in [3.8, 4) is 0 Å². The van der Waals surface area contributed by atoms with Crippen LogP contribution in [0.2, 0.25) is 0 Å². The highest BCUT2D eigenvalue weighted by Crippen LogP contribution is 2.41. The van der Waals surface area contributed by atoms with Gasteiger partial charge in [-0.1, -0.05) is 0 Å². The van der Waals surface area contributed by atoms with Crippen LogP contribution in [0.4, 0.5) is 0 Å². The van der Waals surface area contributed by atoms with Crippen molar-refractivity contribution in [3.05, 3.63) is 0 Å². The van der Waals surface area contributed by atoms with Crippen LogP contribution in [0.25, 0.3) is 0 Å². The van der Waals surface area contributed by atoms with E-state index in [0.29, 0.717) is 5.75 Å². The Balaban J connectivity index is 2.07. The van der Waals surface area contributed by atoms with E-state index in [4.69, 9.17) is 9.84 Å². The van der Waals surface area contributed by atoms with Crippen LogP contribution in [0.5, 0.6) is 0 Å². The first-order chi connectivity index (χ1) is 6.14. The number of nitrogens with one attached hydrogen (secondary N) is 1. The normalized spacial score (nSPS) is 44.4. The van der Waals surface area contributed by atoms with Gasteiger partial charge >= 0.3 is 5.97 Å². The second-order valence-corrected chi connectivity index (χ2v) is 4.85. The summed E-state index contributed by atoms with van der Waals surface area (Å²) in [7, 11) is 0. The maximum atomic E-state index is 10.7. The molecular formula is C8H13NO3S. The average Bonchev–Trinajstić information content (AvgIpc) is 2.63. The molecule has 2 aliphatic heterocycles. The summed E-state index contributed by atoms with van der Waals surface area (Å²) in [6, 6.07) is -0.408. The zero-order valence-electron chi connectivity index (χ0n) is 7.45. The molecule has 0 amide bonds. The predicted octanol–water partition coefficient (Wildman–Crippen LogP) is 0.281. The molecule has 2 rings (SSSR count). The molecule has 13 heavy (non-hydrogen) atoms. The Morgan fingerprint density at radius 3 is 3.00 bits per heavy atom. The lowest BCUT2D eigenvalue weighted by atomic mass is 10.1. The molecule has 2 aliphatic rings. The van der Waals surface area contributed by atoms with Crippen molar-refractivity contribution >= 4 is 17.7 Å². The zero-order chi connectivity index (χ0) is 9.47. The molecule has 0 aromatic heterocycles. The molecule has 4 nitrogen and oxygen atoms in total. The van der Waals surface area contributed by atoms with Gasteiger partial charge in [-0.05, 0) is 6.92 Å². The van der Waals surface area contributed by atoms with Crippen LogP contribution in [0.1, 0.15) is 13.3 Å². The van der Waals surface area contributed by atoms with Crippen LogP contribution in [0.3, 0.4) is 0 Å². The van der Waals surface area contributed by atoms with Crippen molar-refractivity contribution in [1.29, 1.82) is 0 Å². The number of carboxylic acids is 1. The summed E-state index contributed by atoms with van der Waals surface area (Å²) in [5.74, 6) is -0.119. The van der Waals surface area contributed by atoms with E-state index in [-0.39, 0.29) is 11.0 Å². The third-order valence-electron chi connectivity index (χ3n) is 2.72. The lowest BCUT2D eigenvalue weighted by Crippen LogP contribution is -2.48. The average molecular weight is 203 g/mol. The Labute approximate surface area is 81.0 Å². The van der Waals surface area contributed by atoms with Gasteiger partial charge in [0, 0.05) is 18.8 Å². The third-order valence-corrected chi connectivity index (χ3v) is 4.39. The van der Waals surface area contributed by atoms with Gasteiger partial charge in [0.25, 0.3) is 0 Å². The highest BCUT2D eigenvalue weighted by molar-refractivity contribution is 8.01. The van der Waals surface area contributed by atoms with E-state index in [1.807, 2.05) is 6.92 Å². The predicted molar refractivity (Wildman–Crippen MR) is 49.8 cm³/mol. The number of hydrogen-bond donors (Lipinski definition) is 2. The minimum atomic E-state index is -0.761. The van der Waals surface area contributed by atoms with E-state index in [1.54, 1.807) is 11.8 Å². The fourth-order valence-electron chi connectivity index (χ4n) is 1.85. The molecular weight excluding hydrogens is 190 g/mol. The number of rotatable bonds is 1. The molecule has 1 spiro atoms. The number of hydrogen-bond acceptors (Lipinski definition) is 4. The second-order valence-electron chi connectivity index (χ2n) is 3.50. The topological polar surface area (TPSA) is 58.6 Å². The fraction of sp³-hybridized carbons (Fsp3) is 0.875. The highest BCUT2D eigenvalue weighted by atomic mass is 32.2. The quantitative estimate of drug-likeness (QED) is 0.641. The number of carboxylic acid groups (broad SMARTS) is 1.